The first-order chi connectivity index (χ1) is 14.0. The summed E-state index contributed by atoms with van der Waals surface area (Å²) >= 11 is 0. The lowest BCUT2D eigenvalue weighted by molar-refractivity contribution is 0.196. The lowest BCUT2D eigenvalue weighted by Gasteiger charge is -2.09. The molecule has 29 heavy (non-hydrogen) atoms. The minimum atomic E-state index is -3.59. The van der Waals surface area contributed by atoms with Gasteiger partial charge in [-0.2, -0.15) is 10.2 Å². The van der Waals surface area contributed by atoms with E-state index in [0.29, 0.717) is 25.3 Å². The van der Waals surface area contributed by atoms with Crippen molar-refractivity contribution in [1.29, 1.82) is 5.26 Å². The Morgan fingerprint density at radius 1 is 1.24 bits per heavy atom. The molecule has 2 rings (SSSR count). The number of nitriles is 1. The summed E-state index contributed by atoms with van der Waals surface area (Å²) in [6, 6.07) is 8.08. The van der Waals surface area contributed by atoms with Crippen molar-refractivity contribution < 1.29 is 17.9 Å². The highest BCUT2D eigenvalue weighted by Gasteiger charge is 2.13. The van der Waals surface area contributed by atoms with Crippen LogP contribution in [0.1, 0.15) is 18.9 Å². The quantitative estimate of drug-likeness (QED) is 0.444. The van der Waals surface area contributed by atoms with E-state index in [1.165, 1.54) is 18.3 Å². The SMILES string of the molecule is CC#CCOc1nc(Nc2ccc(S(=O)(=O)NCCCOC)cc2)ncc1C#N. The number of hydrogen-bond donors (Lipinski definition) is 2. The topological polar surface area (TPSA) is 126 Å². The number of hydrogen-bond acceptors (Lipinski definition) is 8. The molecule has 2 aromatic rings. The van der Waals surface area contributed by atoms with E-state index < -0.39 is 10.0 Å². The predicted octanol–water partition coefficient (Wildman–Crippen LogP) is 1.81. The van der Waals surface area contributed by atoms with Crippen LogP contribution in [0.5, 0.6) is 5.88 Å². The molecule has 0 aliphatic rings. The highest BCUT2D eigenvalue weighted by Crippen LogP contribution is 2.20. The van der Waals surface area contributed by atoms with Gasteiger partial charge >= 0.3 is 0 Å². The molecular formula is C19H21N5O4S. The van der Waals surface area contributed by atoms with Gasteiger partial charge in [0.15, 0.2) is 6.61 Å². The molecule has 0 spiro atoms. The third-order valence-electron chi connectivity index (χ3n) is 3.57. The van der Waals surface area contributed by atoms with Crippen molar-refractivity contribution in [3.63, 3.8) is 0 Å². The monoisotopic (exact) mass is 415 g/mol. The maximum atomic E-state index is 12.3. The molecule has 0 fully saturated rings. The van der Waals surface area contributed by atoms with Gasteiger partial charge in [-0.05, 0) is 37.6 Å². The normalized spacial score (nSPS) is 10.5. The molecule has 1 aromatic carbocycles. The first kappa shape index (κ1) is 22.1. The maximum absolute atomic E-state index is 12.3. The summed E-state index contributed by atoms with van der Waals surface area (Å²) < 4.78 is 37.3. The molecule has 9 nitrogen and oxygen atoms in total. The smallest absolute Gasteiger partial charge is 0.240 e. The van der Waals surface area contributed by atoms with Crippen LogP contribution >= 0.6 is 0 Å². The van der Waals surface area contributed by atoms with Crippen molar-refractivity contribution in [3.8, 4) is 23.8 Å². The molecule has 1 heterocycles. The lowest BCUT2D eigenvalue weighted by atomic mass is 10.3. The van der Waals surface area contributed by atoms with Crippen LogP contribution in [0.3, 0.4) is 0 Å². The number of rotatable bonds is 10. The number of methoxy groups -OCH3 is 1. The highest BCUT2D eigenvalue weighted by molar-refractivity contribution is 7.89. The maximum Gasteiger partial charge on any atom is 0.240 e. The molecule has 0 radical (unpaired) electrons. The molecule has 0 bridgehead atoms. The van der Waals surface area contributed by atoms with Crippen LogP contribution in [0.4, 0.5) is 11.6 Å². The van der Waals surface area contributed by atoms with E-state index in [9.17, 15) is 8.42 Å². The van der Waals surface area contributed by atoms with Crippen LogP contribution in [-0.4, -0.2) is 45.3 Å². The van der Waals surface area contributed by atoms with Gasteiger partial charge in [0.2, 0.25) is 21.9 Å². The first-order valence-electron chi connectivity index (χ1n) is 8.65. The third kappa shape index (κ3) is 6.73. The van der Waals surface area contributed by atoms with Gasteiger partial charge in [0.05, 0.1) is 11.1 Å². The van der Waals surface area contributed by atoms with Crippen LogP contribution < -0.4 is 14.8 Å². The Labute approximate surface area is 170 Å². The van der Waals surface area contributed by atoms with E-state index in [1.54, 1.807) is 26.2 Å². The summed E-state index contributed by atoms with van der Waals surface area (Å²) in [4.78, 5) is 8.36. The molecule has 152 valence electrons. The van der Waals surface area contributed by atoms with E-state index in [4.69, 9.17) is 14.7 Å². The number of aromatic nitrogens is 2. The molecule has 0 amide bonds. The van der Waals surface area contributed by atoms with Crippen molar-refractivity contribution in [2.45, 2.75) is 18.2 Å². The number of sulfonamides is 1. The Kier molecular flexibility index (Phi) is 8.37. The van der Waals surface area contributed by atoms with Crippen molar-refractivity contribution in [2.75, 3.05) is 32.2 Å². The Morgan fingerprint density at radius 3 is 2.66 bits per heavy atom. The zero-order valence-electron chi connectivity index (χ0n) is 16.1. The van der Waals surface area contributed by atoms with E-state index in [2.05, 4.69) is 31.8 Å². The van der Waals surface area contributed by atoms with Crippen LogP contribution in [0.25, 0.3) is 0 Å². The Bertz CT molecular complexity index is 1020. The van der Waals surface area contributed by atoms with Crippen molar-refractivity contribution >= 4 is 21.7 Å². The second-order valence-electron chi connectivity index (χ2n) is 5.63. The zero-order valence-corrected chi connectivity index (χ0v) is 16.9. The summed E-state index contributed by atoms with van der Waals surface area (Å²) in [6.07, 6.45) is 1.92. The Hall–Kier alpha value is -3.18. The van der Waals surface area contributed by atoms with Crippen LogP contribution in [0.2, 0.25) is 0 Å². The van der Waals surface area contributed by atoms with Gasteiger partial charge in [-0.25, -0.2) is 18.1 Å². The molecule has 2 N–H and O–H groups in total. The summed E-state index contributed by atoms with van der Waals surface area (Å²) in [5.41, 5.74) is 0.766. The first-order valence-corrected chi connectivity index (χ1v) is 10.1. The molecule has 1 aromatic heterocycles. The summed E-state index contributed by atoms with van der Waals surface area (Å²) in [5, 5.41) is 12.1. The minimum absolute atomic E-state index is 0.103. The fourth-order valence-electron chi connectivity index (χ4n) is 2.14. The van der Waals surface area contributed by atoms with Gasteiger partial charge in [-0.3, -0.25) is 0 Å². The molecule has 0 atom stereocenters. The Balaban J connectivity index is 2.08. The number of anilines is 2. The van der Waals surface area contributed by atoms with Crippen LogP contribution in [-0.2, 0) is 14.8 Å². The van der Waals surface area contributed by atoms with Crippen molar-refractivity contribution in [2.24, 2.45) is 0 Å². The van der Waals surface area contributed by atoms with Crippen molar-refractivity contribution in [1.82, 2.24) is 14.7 Å². The number of ether oxygens (including phenoxy) is 2. The number of benzene rings is 1. The summed E-state index contributed by atoms with van der Waals surface area (Å²) in [7, 11) is -2.03. The standard InChI is InChI=1S/C19H21N5O4S/c1-3-4-12-28-18-15(13-20)14-21-19(24-18)23-16-6-8-17(9-7-16)29(25,26)22-10-5-11-27-2/h6-9,14,22H,5,10-12H2,1-2H3,(H,21,23,24). The fourth-order valence-corrected chi connectivity index (χ4v) is 3.22. The molecular weight excluding hydrogens is 394 g/mol. The molecule has 0 saturated heterocycles. The predicted molar refractivity (Wildman–Crippen MR) is 107 cm³/mol. The van der Waals surface area contributed by atoms with Gasteiger partial charge in [0.1, 0.15) is 11.6 Å². The molecule has 0 saturated carbocycles. The van der Waals surface area contributed by atoms with Gasteiger partial charge in [-0.1, -0.05) is 5.92 Å². The summed E-state index contributed by atoms with van der Waals surface area (Å²) in [5.74, 6) is 5.74. The van der Waals surface area contributed by atoms with Gasteiger partial charge in [-0.15, -0.1) is 5.92 Å². The zero-order chi connectivity index (χ0) is 21.1. The second-order valence-corrected chi connectivity index (χ2v) is 7.40. The van der Waals surface area contributed by atoms with Gasteiger partial charge in [0, 0.05) is 25.9 Å². The van der Waals surface area contributed by atoms with E-state index in [1.807, 2.05) is 6.07 Å². The average Bonchev–Trinajstić information content (AvgIpc) is 2.72. The number of nitrogens with one attached hydrogen (secondary N) is 2. The van der Waals surface area contributed by atoms with Crippen molar-refractivity contribution in [3.05, 3.63) is 36.0 Å². The Morgan fingerprint density at radius 2 is 2.00 bits per heavy atom. The fraction of sp³-hybridized carbons (Fsp3) is 0.316. The third-order valence-corrected chi connectivity index (χ3v) is 5.05. The average molecular weight is 415 g/mol. The largest absolute Gasteiger partial charge is 0.463 e. The second kappa shape index (κ2) is 11.0. The van der Waals surface area contributed by atoms with Crippen LogP contribution in [0, 0.1) is 23.2 Å². The van der Waals surface area contributed by atoms with E-state index in [-0.39, 0.29) is 28.9 Å². The van der Waals surface area contributed by atoms with Crippen LogP contribution in [0.15, 0.2) is 35.4 Å². The summed E-state index contributed by atoms with van der Waals surface area (Å²) in [6.45, 7) is 2.55. The molecule has 0 unspecified atom stereocenters. The minimum Gasteiger partial charge on any atom is -0.463 e. The van der Waals surface area contributed by atoms with Gasteiger partial charge in [0.25, 0.3) is 0 Å². The van der Waals surface area contributed by atoms with E-state index in [0.717, 1.165) is 0 Å². The lowest BCUT2D eigenvalue weighted by Crippen LogP contribution is -2.25. The highest BCUT2D eigenvalue weighted by atomic mass is 32.2. The number of nitrogens with zero attached hydrogens (tertiary/aromatic N) is 3. The molecule has 10 heteroatoms. The van der Waals surface area contributed by atoms with Gasteiger partial charge < -0.3 is 14.8 Å². The molecule has 0 aliphatic heterocycles. The van der Waals surface area contributed by atoms with E-state index >= 15 is 0 Å². The molecule has 0 aliphatic carbocycles.